The van der Waals surface area contributed by atoms with Crippen molar-refractivity contribution >= 4 is 23.7 Å². The van der Waals surface area contributed by atoms with Gasteiger partial charge >= 0.3 is 12.0 Å². The summed E-state index contributed by atoms with van der Waals surface area (Å²) in [5.74, 6) is 15.3. The second kappa shape index (κ2) is 16.6. The SMILES string of the molecule is C=CCOC1=NC(NCCCCCCNC2N=C(OCC=C)N=C(C3CC(C)(C)NC(C)(C)C3)N2N)N(N)C(C2CC(C)(C)NC(C)(C)C2)=N1. The summed E-state index contributed by atoms with van der Waals surface area (Å²) in [6.45, 7) is 27.6. The standard InChI is InChI=1S/C36H66N12O2/c1-11-19-49-31-41-27(25-21-33(3,4)45-34(5,6)22-25)47(37)29(43-31)39-17-15-13-14-16-18-40-30-44-32(50-20-12-2)42-28(48(30)38)26-23-35(7,8)46-36(9,10)24-26/h11-12,25-26,29-30,39-40,45-46H,1-2,13-24,37-38H2,3-10H3. The average molecular weight is 699 g/mol. The molecule has 2 saturated heterocycles. The van der Waals surface area contributed by atoms with E-state index in [1.165, 1.54) is 0 Å². The molecule has 0 saturated carbocycles. The maximum atomic E-state index is 6.68. The van der Waals surface area contributed by atoms with Gasteiger partial charge in [-0.25, -0.2) is 11.7 Å². The van der Waals surface area contributed by atoms with Crippen molar-refractivity contribution in [2.75, 3.05) is 26.3 Å². The van der Waals surface area contributed by atoms with E-state index < -0.39 is 12.6 Å². The minimum absolute atomic E-state index is 0.0466. The van der Waals surface area contributed by atoms with Gasteiger partial charge < -0.3 is 20.1 Å². The molecule has 0 radical (unpaired) electrons. The molecule has 4 aliphatic rings. The number of nitrogens with one attached hydrogen (secondary N) is 4. The third-order valence-electron chi connectivity index (χ3n) is 9.47. The number of nitrogens with zero attached hydrogens (tertiary/aromatic N) is 6. The molecule has 8 N–H and O–H groups in total. The zero-order valence-corrected chi connectivity index (χ0v) is 32.0. The molecule has 0 aromatic rings. The Hall–Kier alpha value is -2.88. The summed E-state index contributed by atoms with van der Waals surface area (Å²) in [5, 5.41) is 17.9. The first-order valence-electron chi connectivity index (χ1n) is 18.4. The minimum Gasteiger partial charge on any atom is -0.459 e. The molecule has 4 rings (SSSR count). The van der Waals surface area contributed by atoms with Crippen molar-refractivity contribution in [1.82, 2.24) is 31.3 Å². The van der Waals surface area contributed by atoms with Gasteiger partial charge in [-0.05, 0) is 107 Å². The summed E-state index contributed by atoms with van der Waals surface area (Å²) in [4.78, 5) is 18.9. The Kier molecular flexibility index (Phi) is 13.3. The van der Waals surface area contributed by atoms with E-state index in [2.05, 4.69) is 99.8 Å². The molecular weight excluding hydrogens is 632 g/mol. The lowest BCUT2D eigenvalue weighted by molar-refractivity contribution is 0.142. The molecule has 0 amide bonds. The molecule has 0 bridgehead atoms. The third kappa shape index (κ3) is 11.3. The van der Waals surface area contributed by atoms with Crippen LogP contribution in [0.1, 0.15) is 107 Å². The molecule has 2 atom stereocenters. The van der Waals surface area contributed by atoms with Crippen LogP contribution in [-0.4, -0.2) is 94.8 Å². The lowest BCUT2D eigenvalue weighted by Crippen LogP contribution is -2.63. The van der Waals surface area contributed by atoms with E-state index in [1.54, 1.807) is 22.2 Å². The van der Waals surface area contributed by atoms with Crippen molar-refractivity contribution in [3.8, 4) is 0 Å². The number of hydrogen-bond donors (Lipinski definition) is 6. The van der Waals surface area contributed by atoms with Gasteiger partial charge in [0.1, 0.15) is 24.9 Å². The molecule has 2 unspecified atom stereocenters. The smallest absolute Gasteiger partial charge is 0.317 e. The molecule has 2 fully saturated rings. The monoisotopic (exact) mass is 699 g/mol. The third-order valence-corrected chi connectivity index (χ3v) is 9.47. The van der Waals surface area contributed by atoms with Crippen LogP contribution in [0.4, 0.5) is 0 Å². The van der Waals surface area contributed by atoms with E-state index in [1.807, 2.05) is 0 Å². The average Bonchev–Trinajstić information content (AvgIpc) is 2.99. The fourth-order valence-electron chi connectivity index (χ4n) is 8.33. The van der Waals surface area contributed by atoms with E-state index in [4.69, 9.17) is 31.1 Å². The Morgan fingerprint density at radius 1 is 0.660 bits per heavy atom. The van der Waals surface area contributed by atoms with Crippen molar-refractivity contribution in [2.45, 2.75) is 141 Å². The van der Waals surface area contributed by atoms with Crippen LogP contribution in [0.15, 0.2) is 45.3 Å². The van der Waals surface area contributed by atoms with Crippen molar-refractivity contribution in [1.29, 1.82) is 0 Å². The first-order valence-corrected chi connectivity index (χ1v) is 18.4. The quantitative estimate of drug-likeness (QED) is 0.0841. The number of nitrogens with two attached hydrogens (primary N) is 2. The number of hydrogen-bond acceptors (Lipinski definition) is 14. The topological polar surface area (TPSA) is 175 Å². The van der Waals surface area contributed by atoms with Gasteiger partial charge in [-0.2, -0.15) is 20.0 Å². The largest absolute Gasteiger partial charge is 0.459 e. The molecule has 14 nitrogen and oxygen atoms in total. The number of ether oxygens (including phenoxy) is 2. The molecule has 0 aromatic carbocycles. The zero-order valence-electron chi connectivity index (χ0n) is 32.0. The first kappa shape index (κ1) is 39.9. The Bertz CT molecular complexity index is 1170. The maximum absolute atomic E-state index is 6.68. The van der Waals surface area contributed by atoms with Gasteiger partial charge in [0, 0.05) is 34.0 Å². The predicted octanol–water partition coefficient (Wildman–Crippen LogP) is 3.70. The fourth-order valence-corrected chi connectivity index (χ4v) is 8.33. The summed E-state index contributed by atoms with van der Waals surface area (Å²) in [5.41, 5.74) is -0.186. The number of piperidine rings is 2. The van der Waals surface area contributed by atoms with E-state index in [-0.39, 0.29) is 34.0 Å². The van der Waals surface area contributed by atoms with Gasteiger partial charge in [0.15, 0.2) is 12.6 Å². The highest BCUT2D eigenvalue weighted by Gasteiger charge is 2.44. The molecule has 0 aliphatic carbocycles. The Morgan fingerprint density at radius 2 is 1.00 bits per heavy atom. The second-order valence-electron chi connectivity index (χ2n) is 16.8. The van der Waals surface area contributed by atoms with E-state index in [0.29, 0.717) is 25.3 Å². The van der Waals surface area contributed by atoms with Crippen molar-refractivity contribution in [2.24, 2.45) is 43.5 Å². The summed E-state index contributed by atoms with van der Waals surface area (Å²) in [7, 11) is 0. The predicted molar refractivity (Wildman–Crippen MR) is 204 cm³/mol. The highest BCUT2D eigenvalue weighted by molar-refractivity contribution is 5.97. The summed E-state index contributed by atoms with van der Waals surface area (Å²) in [6.07, 6.45) is 10.2. The number of hydrazine groups is 2. The van der Waals surface area contributed by atoms with Crippen LogP contribution in [0.2, 0.25) is 0 Å². The van der Waals surface area contributed by atoms with Gasteiger partial charge in [0.25, 0.3) is 0 Å². The van der Waals surface area contributed by atoms with Gasteiger partial charge in [0.05, 0.1) is 0 Å². The van der Waals surface area contributed by atoms with Crippen molar-refractivity contribution in [3.63, 3.8) is 0 Å². The maximum Gasteiger partial charge on any atom is 0.317 e. The molecule has 0 aromatic heterocycles. The lowest BCUT2D eigenvalue weighted by atomic mass is 9.75. The fraction of sp³-hybridized carbons (Fsp3) is 0.778. The highest BCUT2D eigenvalue weighted by Crippen LogP contribution is 2.36. The van der Waals surface area contributed by atoms with Crippen LogP contribution >= 0.6 is 0 Å². The molecule has 0 spiro atoms. The zero-order chi connectivity index (χ0) is 36.7. The van der Waals surface area contributed by atoms with Gasteiger partial charge in [0.2, 0.25) is 0 Å². The van der Waals surface area contributed by atoms with Crippen LogP contribution in [0, 0.1) is 11.8 Å². The van der Waals surface area contributed by atoms with E-state index in [0.717, 1.165) is 76.1 Å². The van der Waals surface area contributed by atoms with Crippen molar-refractivity contribution in [3.05, 3.63) is 25.3 Å². The minimum atomic E-state index is -0.450. The number of unbranched alkanes of at least 4 members (excludes halogenated alkanes) is 3. The summed E-state index contributed by atoms with van der Waals surface area (Å²) >= 11 is 0. The highest BCUT2D eigenvalue weighted by atomic mass is 16.5. The van der Waals surface area contributed by atoms with Crippen LogP contribution in [0.25, 0.3) is 0 Å². The lowest BCUT2D eigenvalue weighted by Gasteiger charge is -2.48. The van der Waals surface area contributed by atoms with E-state index >= 15 is 0 Å². The summed E-state index contributed by atoms with van der Waals surface area (Å²) in [6, 6.07) is 0.690. The molecule has 282 valence electrons. The Labute approximate surface area is 300 Å². The number of amidine groups is 4. The van der Waals surface area contributed by atoms with Gasteiger partial charge in [-0.15, -0.1) is 0 Å². The van der Waals surface area contributed by atoms with Crippen molar-refractivity contribution < 1.29 is 9.47 Å². The molecule has 14 heteroatoms. The van der Waals surface area contributed by atoms with Gasteiger partial charge in [-0.3, -0.25) is 20.7 Å². The Balaban J connectivity index is 1.26. The molecular formula is C36H66N12O2. The van der Waals surface area contributed by atoms with E-state index in [9.17, 15) is 0 Å². The molecule has 50 heavy (non-hydrogen) atoms. The summed E-state index contributed by atoms with van der Waals surface area (Å²) < 4.78 is 11.6. The van der Waals surface area contributed by atoms with Crippen LogP contribution in [0.3, 0.4) is 0 Å². The van der Waals surface area contributed by atoms with Gasteiger partial charge in [-0.1, -0.05) is 38.2 Å². The Morgan fingerprint density at radius 3 is 1.32 bits per heavy atom. The molecule has 4 aliphatic heterocycles. The van der Waals surface area contributed by atoms with Crippen LogP contribution in [0.5, 0.6) is 0 Å². The van der Waals surface area contributed by atoms with Crippen LogP contribution in [-0.2, 0) is 9.47 Å². The number of rotatable bonds is 15. The molecule has 4 heterocycles. The normalized spacial score (nSPS) is 26.4. The first-order chi connectivity index (χ1) is 23.4. The number of aliphatic imine (C=N–C) groups is 4. The second-order valence-corrected chi connectivity index (χ2v) is 16.8. The van der Waals surface area contributed by atoms with Crippen LogP contribution < -0.4 is 33.0 Å².